The zero-order valence-corrected chi connectivity index (χ0v) is 17.0. The zero-order valence-electron chi connectivity index (χ0n) is 17.0. The first-order chi connectivity index (χ1) is 14.6. The van der Waals surface area contributed by atoms with Gasteiger partial charge in [0.25, 0.3) is 5.91 Å². The number of nitrogens with zero attached hydrogens (tertiary/aromatic N) is 1. The molecule has 6 heteroatoms. The molecule has 1 aliphatic carbocycles. The fraction of sp³-hybridized carbons (Fsp3) is 0.375. The van der Waals surface area contributed by atoms with Gasteiger partial charge in [-0.15, -0.1) is 0 Å². The summed E-state index contributed by atoms with van der Waals surface area (Å²) in [6, 6.07) is 19.3. The first-order valence-corrected chi connectivity index (χ1v) is 10.6. The molecule has 2 aromatic carbocycles. The minimum Gasteiger partial charge on any atom is -0.349 e. The van der Waals surface area contributed by atoms with Gasteiger partial charge < -0.3 is 10.6 Å². The van der Waals surface area contributed by atoms with Crippen LogP contribution in [0.5, 0.6) is 0 Å². The third-order valence-corrected chi connectivity index (χ3v) is 6.09. The zero-order chi connectivity index (χ0) is 21.0. The van der Waals surface area contributed by atoms with Gasteiger partial charge in [-0.2, -0.15) is 0 Å². The Morgan fingerprint density at radius 2 is 1.63 bits per heavy atom. The van der Waals surface area contributed by atoms with Crippen LogP contribution in [0, 0.1) is 0 Å². The molecule has 1 saturated heterocycles. The van der Waals surface area contributed by atoms with Crippen molar-refractivity contribution in [2.75, 3.05) is 6.54 Å². The minimum absolute atomic E-state index is 0.0906. The lowest BCUT2D eigenvalue weighted by Gasteiger charge is -2.21. The van der Waals surface area contributed by atoms with Crippen LogP contribution in [-0.2, 0) is 16.0 Å². The highest BCUT2D eigenvalue weighted by Crippen LogP contribution is 2.35. The van der Waals surface area contributed by atoms with Gasteiger partial charge in [-0.25, -0.2) is 4.79 Å². The maximum absolute atomic E-state index is 12.7. The quantitative estimate of drug-likeness (QED) is 0.694. The highest BCUT2D eigenvalue weighted by Gasteiger charge is 2.52. The summed E-state index contributed by atoms with van der Waals surface area (Å²) in [5.74, 6) is -0.352. The Bertz CT molecular complexity index is 908. The van der Waals surface area contributed by atoms with E-state index in [0.717, 1.165) is 24.0 Å². The third-order valence-electron chi connectivity index (χ3n) is 6.09. The van der Waals surface area contributed by atoms with Gasteiger partial charge in [0.15, 0.2) is 0 Å². The average molecular weight is 405 g/mol. The van der Waals surface area contributed by atoms with Crippen LogP contribution in [0.3, 0.4) is 0 Å². The second kappa shape index (κ2) is 8.69. The second-order valence-corrected chi connectivity index (χ2v) is 8.15. The molecule has 1 aliphatic heterocycles. The lowest BCUT2D eigenvalue weighted by atomic mass is 9.98. The number of urea groups is 1. The molecule has 1 spiro atoms. The Hall–Kier alpha value is -3.15. The molecule has 6 nitrogen and oxygen atoms in total. The molecule has 1 heterocycles. The van der Waals surface area contributed by atoms with Crippen LogP contribution < -0.4 is 10.6 Å². The second-order valence-electron chi connectivity index (χ2n) is 8.15. The van der Waals surface area contributed by atoms with Gasteiger partial charge in [0.05, 0.1) is 6.04 Å². The lowest BCUT2D eigenvalue weighted by molar-refractivity contribution is -0.131. The summed E-state index contributed by atoms with van der Waals surface area (Å²) in [5.41, 5.74) is 1.42. The standard InChI is InChI=1S/C24H27N3O3/c28-21(13-16-27-22(29)24(26-23(27)30)14-7-8-15-24)25-20(19-11-5-2-6-12-19)17-18-9-3-1-4-10-18/h1-6,9-12,20H,7-8,13-17H2,(H,25,28)(H,26,30)/t20-/m1/s1. The van der Waals surface area contributed by atoms with E-state index in [9.17, 15) is 14.4 Å². The normalized spacial score (nSPS) is 18.5. The van der Waals surface area contributed by atoms with Crippen LogP contribution in [0.25, 0.3) is 0 Å². The molecule has 1 atom stereocenters. The molecular weight excluding hydrogens is 378 g/mol. The maximum atomic E-state index is 12.7. The molecule has 0 radical (unpaired) electrons. The number of imide groups is 1. The molecule has 2 aromatic rings. The smallest absolute Gasteiger partial charge is 0.325 e. The van der Waals surface area contributed by atoms with Crippen LogP contribution in [0.2, 0.25) is 0 Å². The van der Waals surface area contributed by atoms with E-state index in [2.05, 4.69) is 10.6 Å². The molecular formula is C24H27N3O3. The van der Waals surface area contributed by atoms with Crippen LogP contribution in [0.15, 0.2) is 60.7 Å². The minimum atomic E-state index is -0.729. The van der Waals surface area contributed by atoms with Gasteiger partial charge >= 0.3 is 6.03 Å². The van der Waals surface area contributed by atoms with Crippen molar-refractivity contribution in [3.63, 3.8) is 0 Å². The van der Waals surface area contributed by atoms with Gasteiger partial charge in [-0.1, -0.05) is 73.5 Å². The van der Waals surface area contributed by atoms with Gasteiger partial charge in [-0.05, 0) is 30.4 Å². The van der Waals surface area contributed by atoms with Gasteiger partial charge in [0, 0.05) is 13.0 Å². The Kier molecular flexibility index (Phi) is 5.84. The first kappa shape index (κ1) is 20.1. The van der Waals surface area contributed by atoms with Gasteiger partial charge in [0.1, 0.15) is 5.54 Å². The van der Waals surface area contributed by atoms with E-state index in [-0.39, 0.29) is 36.9 Å². The molecule has 4 rings (SSSR count). The van der Waals surface area contributed by atoms with E-state index in [4.69, 9.17) is 0 Å². The Morgan fingerprint density at radius 1 is 1.00 bits per heavy atom. The van der Waals surface area contributed by atoms with Crippen molar-refractivity contribution < 1.29 is 14.4 Å². The average Bonchev–Trinajstić information content (AvgIpc) is 3.32. The lowest BCUT2D eigenvalue weighted by Crippen LogP contribution is -2.44. The highest BCUT2D eigenvalue weighted by atomic mass is 16.2. The molecule has 2 fully saturated rings. The van der Waals surface area contributed by atoms with Crippen molar-refractivity contribution in [3.8, 4) is 0 Å². The molecule has 2 N–H and O–H groups in total. The number of benzene rings is 2. The number of nitrogens with one attached hydrogen (secondary N) is 2. The molecule has 156 valence electrons. The molecule has 1 saturated carbocycles. The van der Waals surface area contributed by atoms with Crippen molar-refractivity contribution in [2.45, 2.75) is 50.1 Å². The maximum Gasteiger partial charge on any atom is 0.325 e. The van der Waals surface area contributed by atoms with Crippen molar-refractivity contribution in [2.24, 2.45) is 0 Å². The van der Waals surface area contributed by atoms with Crippen LogP contribution in [0.4, 0.5) is 4.79 Å². The summed E-state index contributed by atoms with van der Waals surface area (Å²) in [4.78, 5) is 39.0. The number of amides is 4. The first-order valence-electron chi connectivity index (χ1n) is 10.6. The summed E-state index contributed by atoms with van der Waals surface area (Å²) in [6.45, 7) is 0.102. The predicted molar refractivity (Wildman–Crippen MR) is 114 cm³/mol. The van der Waals surface area contributed by atoms with E-state index >= 15 is 0 Å². The van der Waals surface area contributed by atoms with Crippen molar-refractivity contribution in [3.05, 3.63) is 71.8 Å². The Labute approximate surface area is 176 Å². The summed E-state index contributed by atoms with van der Waals surface area (Å²) >= 11 is 0. The third kappa shape index (κ3) is 4.22. The Balaban J connectivity index is 1.39. The molecule has 4 amide bonds. The fourth-order valence-electron chi connectivity index (χ4n) is 4.46. The number of carbonyl (C=O) groups is 3. The largest absolute Gasteiger partial charge is 0.349 e. The van der Waals surface area contributed by atoms with Gasteiger partial charge in [-0.3, -0.25) is 14.5 Å². The summed E-state index contributed by atoms with van der Waals surface area (Å²) in [7, 11) is 0. The SMILES string of the molecule is O=C(CCN1C(=O)NC2(CCCC2)C1=O)N[C@H](Cc1ccccc1)c1ccccc1. The van der Waals surface area contributed by atoms with Crippen molar-refractivity contribution in [1.29, 1.82) is 0 Å². The number of rotatable bonds is 7. The monoisotopic (exact) mass is 405 g/mol. The summed E-state index contributed by atoms with van der Waals surface area (Å²) in [6.07, 6.45) is 4.02. The summed E-state index contributed by atoms with van der Waals surface area (Å²) in [5, 5.41) is 5.95. The van der Waals surface area contributed by atoms with Crippen LogP contribution >= 0.6 is 0 Å². The molecule has 2 aliphatic rings. The van der Waals surface area contributed by atoms with Crippen LogP contribution in [0.1, 0.15) is 49.3 Å². The number of carbonyl (C=O) groups excluding carboxylic acids is 3. The molecule has 0 aromatic heterocycles. The van der Waals surface area contributed by atoms with E-state index in [1.165, 1.54) is 4.90 Å². The molecule has 0 bridgehead atoms. The van der Waals surface area contributed by atoms with Crippen molar-refractivity contribution in [1.82, 2.24) is 15.5 Å². The highest BCUT2D eigenvalue weighted by molar-refractivity contribution is 6.07. The van der Waals surface area contributed by atoms with E-state index in [1.54, 1.807) is 0 Å². The predicted octanol–water partition coefficient (Wildman–Crippen LogP) is 3.34. The topological polar surface area (TPSA) is 78.5 Å². The van der Waals surface area contributed by atoms with E-state index in [1.807, 2.05) is 60.7 Å². The fourth-order valence-corrected chi connectivity index (χ4v) is 4.46. The van der Waals surface area contributed by atoms with Gasteiger partial charge in [0.2, 0.25) is 5.91 Å². The van der Waals surface area contributed by atoms with Crippen molar-refractivity contribution >= 4 is 17.8 Å². The summed E-state index contributed by atoms with van der Waals surface area (Å²) < 4.78 is 0. The van der Waals surface area contributed by atoms with E-state index < -0.39 is 5.54 Å². The van der Waals surface area contributed by atoms with Crippen LogP contribution in [-0.4, -0.2) is 34.8 Å². The van der Waals surface area contributed by atoms with E-state index in [0.29, 0.717) is 19.3 Å². The Morgan fingerprint density at radius 3 is 2.30 bits per heavy atom. The number of hydrogen-bond acceptors (Lipinski definition) is 3. The molecule has 30 heavy (non-hydrogen) atoms. The number of hydrogen-bond donors (Lipinski definition) is 2. The molecule has 0 unspecified atom stereocenters.